The summed E-state index contributed by atoms with van der Waals surface area (Å²) >= 11 is 0. The summed E-state index contributed by atoms with van der Waals surface area (Å²) in [6, 6.07) is 8.21. The minimum Gasteiger partial charge on any atom is -0.467 e. The Hall–Kier alpha value is -1.97. The van der Waals surface area contributed by atoms with Crippen LogP contribution < -0.4 is 4.74 Å². The first-order chi connectivity index (χ1) is 7.29. The average molecular weight is 204 g/mol. The van der Waals surface area contributed by atoms with Crippen molar-refractivity contribution in [2.24, 2.45) is 0 Å². The molecule has 2 aromatic rings. The molecule has 0 N–H and O–H groups in total. The van der Waals surface area contributed by atoms with Gasteiger partial charge in [-0.05, 0) is 18.2 Å². The Balaban J connectivity index is 2.44. The van der Waals surface area contributed by atoms with Gasteiger partial charge < -0.3 is 4.74 Å². The van der Waals surface area contributed by atoms with Crippen LogP contribution >= 0.6 is 0 Å². The Morgan fingerprint density at radius 3 is 2.87 bits per heavy atom. The average Bonchev–Trinajstić information content (AvgIpc) is 2.29. The fourth-order valence-corrected chi connectivity index (χ4v) is 1.25. The lowest BCUT2D eigenvalue weighted by molar-refractivity contribution is 0.380. The summed E-state index contributed by atoms with van der Waals surface area (Å²) in [6.45, 7) is 0. The van der Waals surface area contributed by atoms with E-state index in [9.17, 15) is 4.39 Å². The second-order valence-corrected chi connectivity index (χ2v) is 2.94. The number of hydrogen-bond donors (Lipinski definition) is 0. The molecule has 0 aliphatic heterocycles. The van der Waals surface area contributed by atoms with Crippen molar-refractivity contribution in [3.8, 4) is 17.3 Å². The second-order valence-electron chi connectivity index (χ2n) is 2.94. The lowest BCUT2D eigenvalue weighted by Crippen LogP contribution is -1.93. The summed E-state index contributed by atoms with van der Waals surface area (Å²) in [7, 11) is 1.49. The van der Waals surface area contributed by atoms with Crippen LogP contribution in [0.4, 0.5) is 4.39 Å². The van der Waals surface area contributed by atoms with Crippen LogP contribution in [0.3, 0.4) is 0 Å². The van der Waals surface area contributed by atoms with Crippen molar-refractivity contribution in [1.82, 2.24) is 9.97 Å². The molecule has 1 heterocycles. The van der Waals surface area contributed by atoms with Gasteiger partial charge in [-0.3, -0.25) is 0 Å². The topological polar surface area (TPSA) is 35.0 Å². The Bertz CT molecular complexity index is 474. The van der Waals surface area contributed by atoms with E-state index in [-0.39, 0.29) is 11.8 Å². The van der Waals surface area contributed by atoms with E-state index < -0.39 is 0 Å². The van der Waals surface area contributed by atoms with Gasteiger partial charge in [-0.25, -0.2) is 9.37 Å². The largest absolute Gasteiger partial charge is 0.467 e. The minimum absolute atomic E-state index is 0.275. The van der Waals surface area contributed by atoms with Crippen molar-refractivity contribution in [2.45, 2.75) is 0 Å². The molecule has 0 aliphatic carbocycles. The summed E-state index contributed by atoms with van der Waals surface area (Å²) in [5, 5.41) is 0. The molecule has 3 nitrogen and oxygen atoms in total. The van der Waals surface area contributed by atoms with Gasteiger partial charge in [-0.1, -0.05) is 12.1 Å². The van der Waals surface area contributed by atoms with Crippen molar-refractivity contribution in [3.05, 3.63) is 42.3 Å². The number of rotatable bonds is 2. The van der Waals surface area contributed by atoms with Crippen molar-refractivity contribution in [2.75, 3.05) is 7.11 Å². The third-order valence-corrected chi connectivity index (χ3v) is 1.94. The Morgan fingerprint density at radius 1 is 1.27 bits per heavy atom. The van der Waals surface area contributed by atoms with Gasteiger partial charge >= 0.3 is 6.01 Å². The number of ether oxygens (including phenoxy) is 1. The molecule has 76 valence electrons. The molecular weight excluding hydrogens is 195 g/mol. The van der Waals surface area contributed by atoms with Crippen LogP contribution in [0.5, 0.6) is 6.01 Å². The zero-order valence-electron chi connectivity index (χ0n) is 8.14. The fraction of sp³-hybridized carbons (Fsp3) is 0.0909. The highest BCUT2D eigenvalue weighted by atomic mass is 19.1. The normalized spacial score (nSPS) is 10.0. The van der Waals surface area contributed by atoms with Crippen molar-refractivity contribution >= 4 is 0 Å². The van der Waals surface area contributed by atoms with Crippen LogP contribution in [-0.4, -0.2) is 17.1 Å². The zero-order valence-corrected chi connectivity index (χ0v) is 8.14. The molecule has 0 aliphatic rings. The number of methoxy groups -OCH3 is 1. The highest BCUT2D eigenvalue weighted by Crippen LogP contribution is 2.18. The first-order valence-electron chi connectivity index (χ1n) is 4.42. The Kier molecular flexibility index (Phi) is 2.58. The van der Waals surface area contributed by atoms with Crippen LogP contribution in [0.15, 0.2) is 36.5 Å². The zero-order chi connectivity index (χ0) is 10.7. The molecule has 1 aromatic carbocycles. The van der Waals surface area contributed by atoms with E-state index in [1.54, 1.807) is 24.4 Å². The molecule has 0 saturated carbocycles. The molecule has 4 heteroatoms. The Morgan fingerprint density at radius 2 is 2.13 bits per heavy atom. The van der Waals surface area contributed by atoms with Crippen molar-refractivity contribution in [1.29, 1.82) is 0 Å². The van der Waals surface area contributed by atoms with Gasteiger partial charge in [0.15, 0.2) is 0 Å². The smallest absolute Gasteiger partial charge is 0.316 e. The molecular formula is C11H9FN2O. The molecule has 0 bridgehead atoms. The maximum atomic E-state index is 13.0. The van der Waals surface area contributed by atoms with E-state index in [1.165, 1.54) is 19.2 Å². The summed E-state index contributed by atoms with van der Waals surface area (Å²) in [5.41, 5.74) is 1.34. The monoisotopic (exact) mass is 204 g/mol. The maximum absolute atomic E-state index is 13.0. The fourth-order valence-electron chi connectivity index (χ4n) is 1.25. The summed E-state index contributed by atoms with van der Waals surface area (Å²) in [5.74, 6) is -0.287. The molecule has 0 amide bonds. The van der Waals surface area contributed by atoms with Gasteiger partial charge in [-0.15, -0.1) is 0 Å². The summed E-state index contributed by atoms with van der Waals surface area (Å²) < 4.78 is 17.9. The van der Waals surface area contributed by atoms with Gasteiger partial charge in [0.2, 0.25) is 0 Å². The summed E-state index contributed by atoms with van der Waals surface area (Å²) in [6.07, 6.45) is 1.58. The lowest BCUT2D eigenvalue weighted by atomic mass is 10.1. The lowest BCUT2D eigenvalue weighted by Gasteiger charge is -2.02. The maximum Gasteiger partial charge on any atom is 0.316 e. The quantitative estimate of drug-likeness (QED) is 0.752. The van der Waals surface area contributed by atoms with Crippen molar-refractivity contribution < 1.29 is 9.13 Å². The van der Waals surface area contributed by atoms with Gasteiger partial charge in [-0.2, -0.15) is 4.98 Å². The minimum atomic E-state index is -0.287. The molecule has 1 aromatic heterocycles. The molecule has 0 saturated heterocycles. The van der Waals surface area contributed by atoms with Crippen LogP contribution in [0.1, 0.15) is 0 Å². The van der Waals surface area contributed by atoms with Crippen molar-refractivity contribution in [3.63, 3.8) is 0 Å². The highest BCUT2D eigenvalue weighted by Gasteiger charge is 2.02. The van der Waals surface area contributed by atoms with E-state index >= 15 is 0 Å². The van der Waals surface area contributed by atoms with Crippen LogP contribution in [-0.2, 0) is 0 Å². The van der Waals surface area contributed by atoms with Gasteiger partial charge in [0.25, 0.3) is 0 Å². The third kappa shape index (κ3) is 2.10. The number of benzene rings is 1. The molecule has 0 unspecified atom stereocenters. The van der Waals surface area contributed by atoms with E-state index in [0.717, 1.165) is 0 Å². The van der Waals surface area contributed by atoms with Gasteiger partial charge in [0.1, 0.15) is 5.82 Å². The van der Waals surface area contributed by atoms with Crippen LogP contribution in [0.2, 0.25) is 0 Å². The van der Waals surface area contributed by atoms with Crippen LogP contribution in [0.25, 0.3) is 11.3 Å². The van der Waals surface area contributed by atoms with E-state index in [1.807, 2.05) is 0 Å². The highest BCUT2D eigenvalue weighted by molar-refractivity contribution is 5.58. The number of nitrogens with zero attached hydrogens (tertiary/aromatic N) is 2. The van der Waals surface area contributed by atoms with Crippen LogP contribution in [0, 0.1) is 5.82 Å². The number of hydrogen-bond acceptors (Lipinski definition) is 3. The summed E-state index contributed by atoms with van der Waals surface area (Å²) in [4.78, 5) is 7.98. The number of halogens is 1. The predicted molar refractivity (Wildman–Crippen MR) is 54.0 cm³/mol. The van der Waals surface area contributed by atoms with Gasteiger partial charge in [0.05, 0.1) is 12.8 Å². The second kappa shape index (κ2) is 4.04. The first kappa shape index (κ1) is 9.58. The molecule has 0 spiro atoms. The van der Waals surface area contributed by atoms with Gasteiger partial charge in [0, 0.05) is 11.8 Å². The Labute approximate surface area is 86.6 Å². The van der Waals surface area contributed by atoms with E-state index in [0.29, 0.717) is 11.3 Å². The third-order valence-electron chi connectivity index (χ3n) is 1.94. The van der Waals surface area contributed by atoms with E-state index in [4.69, 9.17) is 4.74 Å². The molecule has 0 radical (unpaired) electrons. The standard InChI is InChI=1S/C11H9FN2O/c1-15-11-13-6-5-10(14-11)8-3-2-4-9(12)7-8/h2-7H,1H3. The molecule has 0 fully saturated rings. The molecule has 15 heavy (non-hydrogen) atoms. The number of aromatic nitrogens is 2. The molecule has 0 atom stereocenters. The SMILES string of the molecule is COc1nccc(-c2cccc(F)c2)n1. The first-order valence-corrected chi connectivity index (χ1v) is 4.42. The predicted octanol–water partition coefficient (Wildman–Crippen LogP) is 2.29. The van der Waals surface area contributed by atoms with E-state index in [2.05, 4.69) is 9.97 Å². The molecule has 2 rings (SSSR count).